The number of nitrogens with one attached hydrogen (secondary N) is 2. The van der Waals surface area contributed by atoms with E-state index < -0.39 is 0 Å². The lowest BCUT2D eigenvalue weighted by Crippen LogP contribution is -2.30. The van der Waals surface area contributed by atoms with Crippen LogP contribution in [0.1, 0.15) is 48.1 Å². The molecule has 0 saturated heterocycles. The number of hydrogen-bond acceptors (Lipinski definition) is 2. The average molecular weight is 359 g/mol. The minimum absolute atomic E-state index is 0.0178. The van der Waals surface area contributed by atoms with E-state index in [2.05, 4.69) is 10.6 Å². The third-order valence-corrected chi connectivity index (χ3v) is 4.17. The SMILES string of the molecule is CCC(NC(=O)CCCNC(=O)c1ccccc1)c1ccc(Cl)cc1. The van der Waals surface area contributed by atoms with Gasteiger partial charge in [0.1, 0.15) is 0 Å². The Morgan fingerprint density at radius 2 is 1.72 bits per heavy atom. The fourth-order valence-electron chi connectivity index (χ4n) is 2.53. The summed E-state index contributed by atoms with van der Waals surface area (Å²) >= 11 is 5.90. The van der Waals surface area contributed by atoms with Gasteiger partial charge in [-0.15, -0.1) is 0 Å². The van der Waals surface area contributed by atoms with E-state index in [0.29, 0.717) is 30.0 Å². The average Bonchev–Trinajstić information content (AvgIpc) is 2.64. The molecule has 1 unspecified atom stereocenters. The molecule has 2 rings (SSSR count). The number of amides is 2. The maximum atomic E-state index is 12.1. The minimum Gasteiger partial charge on any atom is -0.352 e. The van der Waals surface area contributed by atoms with Crippen LogP contribution in [0.15, 0.2) is 54.6 Å². The van der Waals surface area contributed by atoms with Crippen LogP contribution in [0, 0.1) is 0 Å². The lowest BCUT2D eigenvalue weighted by molar-refractivity contribution is -0.122. The van der Waals surface area contributed by atoms with Crippen molar-refractivity contribution in [1.82, 2.24) is 10.6 Å². The van der Waals surface area contributed by atoms with Gasteiger partial charge in [-0.1, -0.05) is 48.9 Å². The smallest absolute Gasteiger partial charge is 0.251 e. The molecule has 2 N–H and O–H groups in total. The van der Waals surface area contributed by atoms with Gasteiger partial charge in [0.25, 0.3) is 5.91 Å². The number of carbonyl (C=O) groups is 2. The van der Waals surface area contributed by atoms with Gasteiger partial charge in [-0.2, -0.15) is 0 Å². The Morgan fingerprint density at radius 1 is 1.04 bits per heavy atom. The van der Waals surface area contributed by atoms with E-state index in [1.54, 1.807) is 12.1 Å². The Kier molecular flexibility index (Phi) is 7.48. The molecule has 0 aromatic heterocycles. The van der Waals surface area contributed by atoms with E-state index in [0.717, 1.165) is 12.0 Å². The van der Waals surface area contributed by atoms with Gasteiger partial charge in [0.2, 0.25) is 5.91 Å². The van der Waals surface area contributed by atoms with E-state index in [1.807, 2.05) is 49.4 Å². The topological polar surface area (TPSA) is 58.2 Å². The van der Waals surface area contributed by atoms with Crippen molar-refractivity contribution in [3.8, 4) is 0 Å². The van der Waals surface area contributed by atoms with Crippen molar-refractivity contribution < 1.29 is 9.59 Å². The maximum Gasteiger partial charge on any atom is 0.251 e. The molecule has 0 saturated carbocycles. The van der Waals surface area contributed by atoms with Crippen LogP contribution in [0.2, 0.25) is 5.02 Å². The first kappa shape index (κ1) is 19.0. The van der Waals surface area contributed by atoms with Crippen molar-refractivity contribution >= 4 is 23.4 Å². The fraction of sp³-hybridized carbons (Fsp3) is 0.300. The number of benzene rings is 2. The third kappa shape index (κ3) is 6.24. The third-order valence-electron chi connectivity index (χ3n) is 3.92. The van der Waals surface area contributed by atoms with Crippen LogP contribution in [0.25, 0.3) is 0 Å². The van der Waals surface area contributed by atoms with Gasteiger partial charge in [0, 0.05) is 23.6 Å². The minimum atomic E-state index is -0.117. The summed E-state index contributed by atoms with van der Waals surface area (Å²) in [5.74, 6) is -0.135. The van der Waals surface area contributed by atoms with Crippen molar-refractivity contribution in [2.45, 2.75) is 32.2 Å². The van der Waals surface area contributed by atoms with Crippen LogP contribution in [-0.4, -0.2) is 18.4 Å². The molecular formula is C20H23ClN2O2. The van der Waals surface area contributed by atoms with E-state index in [9.17, 15) is 9.59 Å². The zero-order chi connectivity index (χ0) is 18.1. The van der Waals surface area contributed by atoms with Crippen LogP contribution < -0.4 is 10.6 Å². The Balaban J connectivity index is 1.72. The molecule has 0 spiro atoms. The van der Waals surface area contributed by atoms with Crippen molar-refractivity contribution in [1.29, 1.82) is 0 Å². The molecule has 2 amide bonds. The Bertz CT molecular complexity index is 687. The largest absolute Gasteiger partial charge is 0.352 e. The fourth-order valence-corrected chi connectivity index (χ4v) is 2.65. The number of carbonyl (C=O) groups excluding carboxylic acids is 2. The highest BCUT2D eigenvalue weighted by molar-refractivity contribution is 6.30. The summed E-state index contributed by atoms with van der Waals surface area (Å²) in [6.07, 6.45) is 1.78. The highest BCUT2D eigenvalue weighted by Gasteiger charge is 2.12. The molecule has 4 nitrogen and oxygen atoms in total. The van der Waals surface area contributed by atoms with Crippen molar-refractivity contribution in [3.63, 3.8) is 0 Å². The van der Waals surface area contributed by atoms with E-state index >= 15 is 0 Å². The highest BCUT2D eigenvalue weighted by Crippen LogP contribution is 2.19. The molecule has 25 heavy (non-hydrogen) atoms. The molecule has 0 radical (unpaired) electrons. The van der Waals surface area contributed by atoms with Gasteiger partial charge in [0.05, 0.1) is 6.04 Å². The summed E-state index contributed by atoms with van der Waals surface area (Å²) in [5, 5.41) is 6.53. The lowest BCUT2D eigenvalue weighted by atomic mass is 10.0. The first-order chi connectivity index (χ1) is 12.1. The second kappa shape index (κ2) is 9.84. The number of rotatable bonds is 8. The van der Waals surface area contributed by atoms with Gasteiger partial charge < -0.3 is 10.6 Å². The van der Waals surface area contributed by atoms with Crippen molar-refractivity contribution in [2.24, 2.45) is 0 Å². The van der Waals surface area contributed by atoms with Gasteiger partial charge in [-0.25, -0.2) is 0 Å². The first-order valence-corrected chi connectivity index (χ1v) is 8.86. The van der Waals surface area contributed by atoms with Crippen molar-refractivity contribution in [3.05, 3.63) is 70.7 Å². The van der Waals surface area contributed by atoms with E-state index in [4.69, 9.17) is 11.6 Å². The zero-order valence-corrected chi connectivity index (χ0v) is 15.1. The van der Waals surface area contributed by atoms with Crippen LogP contribution in [0.5, 0.6) is 0 Å². The monoisotopic (exact) mass is 358 g/mol. The van der Waals surface area contributed by atoms with Gasteiger partial charge in [-0.05, 0) is 42.7 Å². The van der Waals surface area contributed by atoms with Gasteiger partial charge >= 0.3 is 0 Å². The highest BCUT2D eigenvalue weighted by atomic mass is 35.5. The molecule has 0 heterocycles. The van der Waals surface area contributed by atoms with Crippen LogP contribution in [0.3, 0.4) is 0 Å². The standard InChI is InChI=1S/C20H23ClN2O2/c1-2-18(15-10-12-17(21)13-11-15)23-19(24)9-6-14-22-20(25)16-7-4-3-5-8-16/h3-5,7-8,10-13,18H,2,6,9,14H2,1H3,(H,22,25)(H,23,24). The summed E-state index contributed by atoms with van der Waals surface area (Å²) in [4.78, 5) is 24.0. The molecule has 0 bridgehead atoms. The van der Waals surface area contributed by atoms with E-state index in [1.165, 1.54) is 0 Å². The van der Waals surface area contributed by atoms with E-state index in [-0.39, 0.29) is 17.9 Å². The summed E-state index contributed by atoms with van der Waals surface area (Å²) in [6.45, 7) is 2.50. The van der Waals surface area contributed by atoms with Crippen LogP contribution in [0.4, 0.5) is 0 Å². The molecule has 5 heteroatoms. The molecule has 2 aromatic rings. The molecule has 1 atom stereocenters. The molecule has 132 valence electrons. The molecule has 0 fully saturated rings. The maximum absolute atomic E-state index is 12.1. The molecule has 2 aromatic carbocycles. The molecule has 0 aliphatic rings. The van der Waals surface area contributed by atoms with Crippen LogP contribution >= 0.6 is 11.6 Å². The number of halogens is 1. The molecular weight excluding hydrogens is 336 g/mol. The summed E-state index contributed by atoms with van der Waals surface area (Å²) < 4.78 is 0. The first-order valence-electron chi connectivity index (χ1n) is 8.48. The summed E-state index contributed by atoms with van der Waals surface area (Å²) in [7, 11) is 0. The zero-order valence-electron chi connectivity index (χ0n) is 14.3. The van der Waals surface area contributed by atoms with Gasteiger partial charge in [0.15, 0.2) is 0 Å². The van der Waals surface area contributed by atoms with Crippen molar-refractivity contribution in [2.75, 3.05) is 6.54 Å². The summed E-state index contributed by atoms with van der Waals surface area (Å²) in [5.41, 5.74) is 1.67. The predicted molar refractivity (Wildman–Crippen MR) is 101 cm³/mol. The number of hydrogen-bond donors (Lipinski definition) is 2. The molecule has 0 aliphatic carbocycles. The normalized spacial score (nSPS) is 11.6. The van der Waals surface area contributed by atoms with Gasteiger partial charge in [-0.3, -0.25) is 9.59 Å². The predicted octanol–water partition coefficient (Wildman–Crippen LogP) is 4.12. The quantitative estimate of drug-likeness (QED) is 0.697. The summed E-state index contributed by atoms with van der Waals surface area (Å²) in [6, 6.07) is 16.5. The Labute approximate surface area is 153 Å². The Hall–Kier alpha value is -2.33. The van der Waals surface area contributed by atoms with Crippen LogP contribution in [-0.2, 0) is 4.79 Å². The molecule has 0 aliphatic heterocycles. The lowest BCUT2D eigenvalue weighted by Gasteiger charge is -2.17. The second-order valence-electron chi connectivity index (χ2n) is 5.81. The Morgan fingerprint density at radius 3 is 2.36 bits per heavy atom. The second-order valence-corrected chi connectivity index (χ2v) is 6.24.